The first-order valence-electron chi connectivity index (χ1n) is 2.82. The van der Waals surface area contributed by atoms with Crippen LogP contribution >= 0.6 is 49.6 Å². The van der Waals surface area contributed by atoms with E-state index in [0.717, 1.165) is 22.7 Å². The zero-order chi connectivity index (χ0) is 7.98. The van der Waals surface area contributed by atoms with Gasteiger partial charge >= 0.3 is 0 Å². The second-order valence-electron chi connectivity index (χ2n) is 1.62. The predicted molar refractivity (Wildman–Crippen MR) is 61.6 cm³/mol. The lowest BCUT2D eigenvalue weighted by Crippen LogP contribution is -1.77. The highest BCUT2D eigenvalue weighted by Gasteiger charge is 1.94. The standard InChI is InChI=1S/C5H9BS4/c6-2-1-3-10-5(9)4(7)8/h7-9H,1-3H2. The highest BCUT2D eigenvalue weighted by atomic mass is 32.2. The highest BCUT2D eigenvalue weighted by molar-refractivity contribution is 8.18. The fourth-order valence-electron chi connectivity index (χ4n) is 0.317. The van der Waals surface area contributed by atoms with Crippen LogP contribution in [0.2, 0.25) is 6.32 Å². The third kappa shape index (κ3) is 5.95. The summed E-state index contributed by atoms with van der Waals surface area (Å²) in [5.74, 6) is 0.986. The molecule has 0 bridgehead atoms. The number of rotatable bonds is 4. The molecule has 0 aromatic heterocycles. The molecule has 0 rings (SSSR count). The van der Waals surface area contributed by atoms with Crippen molar-refractivity contribution in [2.75, 3.05) is 5.75 Å². The van der Waals surface area contributed by atoms with Crippen molar-refractivity contribution in [3.8, 4) is 0 Å². The van der Waals surface area contributed by atoms with Crippen molar-refractivity contribution >= 4 is 57.5 Å². The van der Waals surface area contributed by atoms with Gasteiger partial charge in [0.15, 0.2) is 0 Å². The molecule has 0 atom stereocenters. The first-order chi connectivity index (χ1) is 4.68. The molecule has 0 spiro atoms. The minimum Gasteiger partial charge on any atom is -0.135 e. The summed E-state index contributed by atoms with van der Waals surface area (Å²) < 4.78 is 1.53. The Bertz CT molecular complexity index is 119. The Labute approximate surface area is 84.2 Å². The summed E-state index contributed by atoms with van der Waals surface area (Å²) >= 11 is 13.8. The van der Waals surface area contributed by atoms with E-state index in [1.807, 2.05) is 0 Å². The molecule has 0 aromatic rings. The lowest BCUT2D eigenvalue weighted by molar-refractivity contribution is 1.10. The molecule has 0 aliphatic rings. The average Bonchev–Trinajstić information content (AvgIpc) is 1.88. The number of thioether (sulfide) groups is 1. The van der Waals surface area contributed by atoms with Crippen molar-refractivity contribution in [2.24, 2.45) is 0 Å². The van der Waals surface area contributed by atoms with Gasteiger partial charge in [0.2, 0.25) is 0 Å². The lowest BCUT2D eigenvalue weighted by atomic mass is 10.0. The van der Waals surface area contributed by atoms with Crippen molar-refractivity contribution in [3.05, 3.63) is 8.47 Å². The van der Waals surface area contributed by atoms with Gasteiger partial charge in [-0.3, -0.25) is 0 Å². The van der Waals surface area contributed by atoms with E-state index in [1.165, 1.54) is 0 Å². The maximum Gasteiger partial charge on any atom is 0.0653 e. The van der Waals surface area contributed by atoms with Crippen LogP contribution in [0.4, 0.5) is 0 Å². The molecule has 0 saturated heterocycles. The van der Waals surface area contributed by atoms with Crippen LogP contribution in [0, 0.1) is 0 Å². The highest BCUT2D eigenvalue weighted by Crippen LogP contribution is 2.28. The molecule has 0 heterocycles. The molecule has 0 aromatic carbocycles. The van der Waals surface area contributed by atoms with Gasteiger partial charge in [0.05, 0.1) is 16.3 Å². The molecule has 0 unspecified atom stereocenters. The second kappa shape index (κ2) is 6.89. The van der Waals surface area contributed by atoms with Crippen molar-refractivity contribution in [3.63, 3.8) is 0 Å². The molecule has 0 nitrogen and oxygen atoms in total. The summed E-state index contributed by atoms with van der Waals surface area (Å²) in [6.07, 6.45) is 1.73. The van der Waals surface area contributed by atoms with Crippen LogP contribution in [0.25, 0.3) is 0 Å². The normalized spacial score (nSPS) is 9.50. The first-order valence-corrected chi connectivity index (χ1v) is 5.15. The molecule has 0 N–H and O–H groups in total. The van der Waals surface area contributed by atoms with Crippen LogP contribution in [0.15, 0.2) is 8.47 Å². The van der Waals surface area contributed by atoms with E-state index in [-0.39, 0.29) is 0 Å². The van der Waals surface area contributed by atoms with Crippen LogP contribution in [0.1, 0.15) is 6.42 Å². The van der Waals surface area contributed by atoms with Crippen molar-refractivity contribution in [1.29, 1.82) is 0 Å². The van der Waals surface area contributed by atoms with Crippen LogP contribution in [0.3, 0.4) is 0 Å². The number of hydrogen-bond donors (Lipinski definition) is 3. The zero-order valence-corrected chi connectivity index (χ0v) is 8.95. The van der Waals surface area contributed by atoms with Crippen LogP contribution in [0.5, 0.6) is 0 Å². The van der Waals surface area contributed by atoms with Gasteiger partial charge in [-0.25, -0.2) is 0 Å². The molecule has 2 radical (unpaired) electrons. The first kappa shape index (κ1) is 11.2. The Hall–Kier alpha value is 1.20. The van der Waals surface area contributed by atoms with E-state index in [4.69, 9.17) is 7.85 Å². The largest absolute Gasteiger partial charge is 0.135 e. The van der Waals surface area contributed by atoms with Crippen molar-refractivity contribution in [1.82, 2.24) is 0 Å². The van der Waals surface area contributed by atoms with E-state index in [2.05, 4.69) is 37.9 Å². The monoisotopic (exact) mass is 208 g/mol. The molecule has 10 heavy (non-hydrogen) atoms. The molecule has 0 fully saturated rings. The van der Waals surface area contributed by atoms with Crippen LogP contribution in [-0.4, -0.2) is 13.6 Å². The Kier molecular flexibility index (Phi) is 7.72. The molecule has 56 valence electrons. The Balaban J connectivity index is 3.40. The molecule has 0 aliphatic carbocycles. The second-order valence-corrected chi connectivity index (χ2v) is 4.72. The summed E-state index contributed by atoms with van der Waals surface area (Å²) in [6, 6.07) is 0. The average molecular weight is 208 g/mol. The predicted octanol–water partition coefficient (Wildman–Crippen LogP) is 2.61. The number of thiol groups is 3. The molecular formula is C5H9BS4. The van der Waals surface area contributed by atoms with Gasteiger partial charge < -0.3 is 0 Å². The fraction of sp³-hybridized carbons (Fsp3) is 0.600. The van der Waals surface area contributed by atoms with Gasteiger partial charge in [0.1, 0.15) is 0 Å². The molecular weight excluding hydrogens is 199 g/mol. The summed E-state index contributed by atoms with van der Waals surface area (Å²) in [5, 5.41) is 0. The fourth-order valence-corrected chi connectivity index (χ4v) is 1.61. The molecule has 0 saturated carbocycles. The smallest absolute Gasteiger partial charge is 0.0653 e. The summed E-state index contributed by atoms with van der Waals surface area (Å²) in [4.78, 5) is 0. The Morgan fingerprint density at radius 3 is 2.30 bits per heavy atom. The SMILES string of the molecule is [B]CCCSC(S)=C(S)S. The van der Waals surface area contributed by atoms with Crippen molar-refractivity contribution < 1.29 is 0 Å². The van der Waals surface area contributed by atoms with Gasteiger partial charge in [-0.2, -0.15) is 0 Å². The summed E-state index contributed by atoms with van der Waals surface area (Å²) in [6.45, 7) is 0. The Morgan fingerprint density at radius 2 is 1.90 bits per heavy atom. The van der Waals surface area contributed by atoms with E-state index in [0.29, 0.717) is 4.24 Å². The van der Waals surface area contributed by atoms with Crippen molar-refractivity contribution in [2.45, 2.75) is 12.7 Å². The molecule has 0 aliphatic heterocycles. The van der Waals surface area contributed by atoms with Gasteiger partial charge in [-0.15, -0.1) is 49.6 Å². The Morgan fingerprint density at radius 1 is 1.30 bits per heavy atom. The third-order valence-electron chi connectivity index (χ3n) is 0.779. The summed E-state index contributed by atoms with van der Waals surface area (Å²) in [7, 11) is 5.30. The minimum absolute atomic E-state index is 0.672. The third-order valence-corrected chi connectivity index (χ3v) is 3.46. The van der Waals surface area contributed by atoms with E-state index in [9.17, 15) is 0 Å². The van der Waals surface area contributed by atoms with Gasteiger partial charge in [0, 0.05) is 0 Å². The van der Waals surface area contributed by atoms with Gasteiger partial charge in [0.25, 0.3) is 0 Å². The minimum atomic E-state index is 0.672. The quantitative estimate of drug-likeness (QED) is 0.362. The molecule has 0 amide bonds. The van der Waals surface area contributed by atoms with Crippen LogP contribution < -0.4 is 0 Å². The maximum atomic E-state index is 5.30. The van der Waals surface area contributed by atoms with Gasteiger partial charge in [-0.05, 0) is 5.75 Å². The topological polar surface area (TPSA) is 0 Å². The van der Waals surface area contributed by atoms with Gasteiger partial charge in [-0.1, -0.05) is 12.7 Å². The van der Waals surface area contributed by atoms with E-state index < -0.39 is 0 Å². The van der Waals surface area contributed by atoms with Crippen LogP contribution in [-0.2, 0) is 0 Å². The molecule has 5 heteroatoms. The number of hydrogen-bond acceptors (Lipinski definition) is 4. The maximum absolute atomic E-state index is 5.30. The van der Waals surface area contributed by atoms with E-state index in [1.54, 1.807) is 11.8 Å². The lowest BCUT2D eigenvalue weighted by Gasteiger charge is -1.99. The zero-order valence-electron chi connectivity index (χ0n) is 5.45. The van der Waals surface area contributed by atoms with E-state index >= 15 is 0 Å². The summed E-state index contributed by atoms with van der Waals surface area (Å²) in [5.41, 5.74) is 0.